The van der Waals surface area contributed by atoms with Crippen LogP contribution in [0.15, 0.2) is 53.7 Å². The average Bonchev–Trinajstić information content (AvgIpc) is 2.93. The number of benzene rings is 2. The van der Waals surface area contributed by atoms with Gasteiger partial charge in [0.15, 0.2) is 0 Å². The van der Waals surface area contributed by atoms with Gasteiger partial charge in [-0.25, -0.2) is 18.0 Å². The molecule has 0 fully saturated rings. The summed E-state index contributed by atoms with van der Waals surface area (Å²) in [5, 5.41) is 5.15. The summed E-state index contributed by atoms with van der Waals surface area (Å²) in [6, 6.07) is 7.66. The van der Waals surface area contributed by atoms with E-state index in [0.717, 1.165) is 12.1 Å². The van der Waals surface area contributed by atoms with Crippen molar-refractivity contribution in [2.45, 2.75) is 12.6 Å². The molecule has 0 aromatic heterocycles. The molecular weight excluding hydrogens is 359 g/mol. The van der Waals surface area contributed by atoms with Crippen LogP contribution in [0, 0.1) is 17.5 Å². The number of nitrogens with one attached hydrogen (secondary N) is 2. The summed E-state index contributed by atoms with van der Waals surface area (Å²) in [7, 11) is 0. The summed E-state index contributed by atoms with van der Waals surface area (Å²) in [4.78, 5) is 26.1. The number of carbonyl (C=O) groups excluding carboxylic acids is 2. The van der Waals surface area contributed by atoms with Crippen molar-refractivity contribution in [2.24, 2.45) is 0 Å². The van der Waals surface area contributed by atoms with Crippen LogP contribution in [0.5, 0.6) is 0 Å². The summed E-state index contributed by atoms with van der Waals surface area (Å²) in [6.07, 6.45) is 0. The average molecular weight is 373 g/mol. The van der Waals surface area contributed by atoms with E-state index in [1.165, 1.54) is 29.2 Å². The minimum atomic E-state index is -0.840. The van der Waals surface area contributed by atoms with Gasteiger partial charge in [-0.05, 0) is 29.8 Å². The maximum absolute atomic E-state index is 13.9. The van der Waals surface area contributed by atoms with Gasteiger partial charge in [0.2, 0.25) is 0 Å². The third-order valence-electron chi connectivity index (χ3n) is 4.61. The molecule has 2 N–H and O–H groups in total. The van der Waals surface area contributed by atoms with Gasteiger partial charge in [0.25, 0.3) is 5.91 Å². The Morgan fingerprint density at radius 1 is 1.04 bits per heavy atom. The van der Waals surface area contributed by atoms with E-state index in [4.69, 9.17) is 0 Å². The van der Waals surface area contributed by atoms with Crippen molar-refractivity contribution >= 4 is 11.9 Å². The lowest BCUT2D eigenvalue weighted by atomic mass is 9.96. The summed E-state index contributed by atoms with van der Waals surface area (Å²) in [6.45, 7) is -0.280. The monoisotopic (exact) mass is 373 g/mol. The third-order valence-corrected chi connectivity index (χ3v) is 4.61. The molecule has 0 aliphatic carbocycles. The highest BCUT2D eigenvalue weighted by Gasteiger charge is 2.40. The van der Waals surface area contributed by atoms with Crippen LogP contribution in [0.2, 0.25) is 0 Å². The maximum Gasteiger partial charge on any atom is 0.319 e. The zero-order valence-electron chi connectivity index (χ0n) is 13.9. The number of carbonyl (C=O) groups is 2. The van der Waals surface area contributed by atoms with Crippen molar-refractivity contribution in [3.8, 4) is 0 Å². The normalized spacial score (nSPS) is 19.1. The lowest BCUT2D eigenvalue weighted by molar-refractivity contribution is -0.126. The number of halogens is 3. The first kappa shape index (κ1) is 17.1. The molecule has 8 heteroatoms. The van der Waals surface area contributed by atoms with Gasteiger partial charge in [0.05, 0.1) is 30.4 Å². The predicted molar refractivity (Wildman–Crippen MR) is 89.6 cm³/mol. The molecule has 0 radical (unpaired) electrons. The maximum atomic E-state index is 13.9. The molecule has 1 atom stereocenters. The summed E-state index contributed by atoms with van der Waals surface area (Å²) < 4.78 is 41.5. The number of hydrogen-bond acceptors (Lipinski definition) is 2. The zero-order valence-corrected chi connectivity index (χ0v) is 13.9. The van der Waals surface area contributed by atoms with E-state index in [2.05, 4.69) is 10.6 Å². The molecule has 5 nitrogen and oxygen atoms in total. The van der Waals surface area contributed by atoms with E-state index in [-0.39, 0.29) is 24.2 Å². The highest BCUT2D eigenvalue weighted by Crippen LogP contribution is 2.33. The number of rotatable bonds is 3. The quantitative estimate of drug-likeness (QED) is 0.869. The van der Waals surface area contributed by atoms with E-state index in [1.54, 1.807) is 6.07 Å². The van der Waals surface area contributed by atoms with Crippen molar-refractivity contribution in [1.29, 1.82) is 0 Å². The molecule has 2 aliphatic rings. The fourth-order valence-electron chi connectivity index (χ4n) is 3.37. The molecule has 1 unspecified atom stereocenters. The van der Waals surface area contributed by atoms with Crippen LogP contribution in [0.3, 0.4) is 0 Å². The highest BCUT2D eigenvalue weighted by molar-refractivity contribution is 6.01. The Morgan fingerprint density at radius 2 is 1.74 bits per heavy atom. The molecule has 138 valence electrons. The van der Waals surface area contributed by atoms with Crippen LogP contribution < -0.4 is 10.6 Å². The summed E-state index contributed by atoms with van der Waals surface area (Å²) in [5.74, 6) is -2.49. The second kappa shape index (κ2) is 6.46. The van der Waals surface area contributed by atoms with Crippen LogP contribution in [0.1, 0.15) is 17.2 Å². The van der Waals surface area contributed by atoms with Crippen molar-refractivity contribution < 1.29 is 22.8 Å². The van der Waals surface area contributed by atoms with Crippen LogP contribution in [0.25, 0.3) is 0 Å². The molecule has 27 heavy (non-hydrogen) atoms. The largest absolute Gasteiger partial charge is 0.328 e. The molecule has 3 amide bonds. The second-order valence-electron chi connectivity index (χ2n) is 6.34. The van der Waals surface area contributed by atoms with Crippen molar-refractivity contribution in [3.05, 3.63) is 82.3 Å². The smallest absolute Gasteiger partial charge is 0.319 e. The molecule has 0 bridgehead atoms. The predicted octanol–water partition coefficient (Wildman–Crippen LogP) is 2.75. The van der Waals surface area contributed by atoms with Crippen LogP contribution in [-0.2, 0) is 11.3 Å². The van der Waals surface area contributed by atoms with Gasteiger partial charge < -0.3 is 15.5 Å². The van der Waals surface area contributed by atoms with E-state index in [1.807, 2.05) is 0 Å². The minimum absolute atomic E-state index is 0.00117. The Labute approximate surface area is 152 Å². The number of nitrogens with zero attached hydrogens (tertiary/aromatic N) is 1. The lowest BCUT2D eigenvalue weighted by Gasteiger charge is -2.25. The first-order chi connectivity index (χ1) is 12.9. The van der Waals surface area contributed by atoms with Gasteiger partial charge in [-0.3, -0.25) is 4.79 Å². The van der Waals surface area contributed by atoms with Gasteiger partial charge in [-0.1, -0.05) is 18.2 Å². The Balaban J connectivity index is 1.66. The van der Waals surface area contributed by atoms with Crippen LogP contribution in [-0.4, -0.2) is 23.4 Å². The van der Waals surface area contributed by atoms with Crippen LogP contribution in [0.4, 0.5) is 18.0 Å². The Bertz CT molecular complexity index is 970. The summed E-state index contributed by atoms with van der Waals surface area (Å²) >= 11 is 0. The van der Waals surface area contributed by atoms with E-state index < -0.39 is 35.4 Å². The molecule has 0 saturated heterocycles. The Kier molecular flexibility index (Phi) is 4.10. The molecule has 0 saturated carbocycles. The highest BCUT2D eigenvalue weighted by atomic mass is 19.1. The second-order valence-corrected chi connectivity index (χ2v) is 6.34. The molecule has 2 aromatic rings. The fraction of sp³-hybridized carbons (Fsp3) is 0.158. The van der Waals surface area contributed by atoms with Gasteiger partial charge in [-0.15, -0.1) is 0 Å². The first-order valence-corrected chi connectivity index (χ1v) is 8.22. The first-order valence-electron chi connectivity index (χ1n) is 8.22. The van der Waals surface area contributed by atoms with Crippen molar-refractivity contribution in [2.75, 3.05) is 6.54 Å². The van der Waals surface area contributed by atoms with E-state index in [0.29, 0.717) is 11.3 Å². The van der Waals surface area contributed by atoms with E-state index >= 15 is 0 Å². The third kappa shape index (κ3) is 3.03. The Morgan fingerprint density at radius 3 is 2.44 bits per heavy atom. The SMILES string of the molecule is O=C1NC2=C(C(=O)N(Cc3c(F)cccc3F)C2)C(c2cccc(F)c2)N1. The molecular formula is C19H14F3N3O2. The number of amides is 3. The number of urea groups is 1. The molecule has 2 aliphatic heterocycles. The molecule has 2 heterocycles. The minimum Gasteiger partial charge on any atom is -0.328 e. The fourth-order valence-corrected chi connectivity index (χ4v) is 3.37. The standard InChI is InChI=1S/C19H14F3N3O2/c20-11-4-1-3-10(7-11)17-16-15(23-19(27)24-17)9-25(18(16)26)8-12-13(21)5-2-6-14(12)22/h1-7,17H,8-9H2,(H2,23,24,27). The number of hydrogen-bond donors (Lipinski definition) is 2. The Hall–Kier alpha value is -3.29. The molecule has 2 aromatic carbocycles. The van der Waals surface area contributed by atoms with Gasteiger partial charge >= 0.3 is 6.03 Å². The van der Waals surface area contributed by atoms with Gasteiger partial charge in [0, 0.05) is 5.56 Å². The van der Waals surface area contributed by atoms with Crippen molar-refractivity contribution in [3.63, 3.8) is 0 Å². The van der Waals surface area contributed by atoms with E-state index in [9.17, 15) is 22.8 Å². The lowest BCUT2D eigenvalue weighted by Crippen LogP contribution is -2.44. The van der Waals surface area contributed by atoms with Crippen LogP contribution >= 0.6 is 0 Å². The molecule has 0 spiro atoms. The van der Waals surface area contributed by atoms with Gasteiger partial charge in [-0.2, -0.15) is 0 Å². The zero-order chi connectivity index (χ0) is 19.1. The van der Waals surface area contributed by atoms with Gasteiger partial charge in [0.1, 0.15) is 17.5 Å². The summed E-state index contributed by atoms with van der Waals surface area (Å²) in [5.41, 5.74) is 0.753. The molecule has 4 rings (SSSR count). The van der Waals surface area contributed by atoms with Crippen molar-refractivity contribution in [1.82, 2.24) is 15.5 Å². The topological polar surface area (TPSA) is 61.4 Å².